The van der Waals surface area contributed by atoms with Gasteiger partial charge >= 0.3 is 0 Å². The fourth-order valence-electron chi connectivity index (χ4n) is 3.64. The van der Waals surface area contributed by atoms with Crippen molar-refractivity contribution >= 4 is 21.8 Å². The molecular formula is C24H31N3O5S. The molecule has 1 saturated heterocycles. The van der Waals surface area contributed by atoms with Crippen molar-refractivity contribution in [1.29, 1.82) is 0 Å². The van der Waals surface area contributed by atoms with Gasteiger partial charge in [0.1, 0.15) is 5.75 Å². The van der Waals surface area contributed by atoms with E-state index in [0.29, 0.717) is 17.2 Å². The molecule has 0 aromatic heterocycles. The van der Waals surface area contributed by atoms with E-state index in [4.69, 9.17) is 4.74 Å². The average Bonchev–Trinajstić information content (AvgIpc) is 2.86. The summed E-state index contributed by atoms with van der Waals surface area (Å²) in [5, 5.41) is 2.62. The molecule has 1 atom stereocenters. The monoisotopic (exact) mass is 473 g/mol. The summed E-state index contributed by atoms with van der Waals surface area (Å²) in [6, 6.07) is 13.6. The van der Waals surface area contributed by atoms with Gasteiger partial charge in [-0.25, -0.2) is 8.42 Å². The number of nitrogens with zero attached hydrogens (tertiary/aromatic N) is 2. The van der Waals surface area contributed by atoms with Crippen LogP contribution < -0.4 is 10.1 Å². The summed E-state index contributed by atoms with van der Waals surface area (Å²) < 4.78 is 32.5. The van der Waals surface area contributed by atoms with Crippen molar-refractivity contribution in [2.24, 2.45) is 0 Å². The Bertz CT molecular complexity index is 1060. The Morgan fingerprint density at radius 1 is 1.00 bits per heavy atom. The first-order chi connectivity index (χ1) is 15.8. The quantitative estimate of drug-likeness (QED) is 0.636. The van der Waals surface area contributed by atoms with E-state index in [1.165, 1.54) is 4.31 Å². The third kappa shape index (κ3) is 5.91. The highest BCUT2D eigenvalue weighted by Crippen LogP contribution is 2.23. The lowest BCUT2D eigenvalue weighted by molar-refractivity contribution is -0.131. The van der Waals surface area contributed by atoms with Crippen molar-refractivity contribution in [3.8, 4) is 5.75 Å². The zero-order chi connectivity index (χ0) is 24.0. The van der Waals surface area contributed by atoms with Gasteiger partial charge in [-0.15, -0.1) is 0 Å². The molecule has 1 aliphatic heterocycles. The number of carbonyl (C=O) groups is 2. The lowest BCUT2D eigenvalue weighted by Gasteiger charge is -2.34. The molecular weight excluding hydrogens is 442 g/mol. The Balaban J connectivity index is 1.52. The lowest BCUT2D eigenvalue weighted by Crippen LogP contribution is -2.52. The third-order valence-electron chi connectivity index (χ3n) is 6.04. The number of methoxy groups -OCH3 is 1. The molecule has 0 aliphatic carbocycles. The van der Waals surface area contributed by atoms with Gasteiger partial charge in [0.15, 0.2) is 0 Å². The van der Waals surface area contributed by atoms with Crippen LogP contribution in [-0.2, 0) is 14.8 Å². The molecule has 3 rings (SSSR count). The number of piperazine rings is 1. The standard InChI is InChI=1S/C24H31N3O5S/c1-4-18(2)19-7-11-22(12-8-19)33(30,31)27-15-13-26(14-16-27)23(28)17-25-24(29)20-5-9-21(32-3)10-6-20/h5-12,18H,4,13-17H2,1-3H3,(H,25,29). The van der Waals surface area contributed by atoms with Crippen LogP contribution in [0.25, 0.3) is 0 Å². The van der Waals surface area contributed by atoms with Crippen molar-refractivity contribution in [1.82, 2.24) is 14.5 Å². The normalized spacial score (nSPS) is 15.7. The summed E-state index contributed by atoms with van der Waals surface area (Å²) in [5.41, 5.74) is 1.54. The molecule has 0 radical (unpaired) electrons. The van der Waals surface area contributed by atoms with Gasteiger partial charge in [-0.1, -0.05) is 26.0 Å². The maximum absolute atomic E-state index is 13.0. The molecule has 1 fully saturated rings. The maximum atomic E-state index is 13.0. The molecule has 8 nitrogen and oxygen atoms in total. The van der Waals surface area contributed by atoms with E-state index >= 15 is 0 Å². The highest BCUT2D eigenvalue weighted by Gasteiger charge is 2.30. The Labute approximate surface area is 195 Å². The van der Waals surface area contributed by atoms with E-state index in [-0.39, 0.29) is 49.4 Å². The van der Waals surface area contributed by atoms with Gasteiger partial charge in [-0.05, 0) is 54.3 Å². The summed E-state index contributed by atoms with van der Waals surface area (Å²) in [6.45, 7) is 5.05. The molecule has 2 aromatic carbocycles. The highest BCUT2D eigenvalue weighted by atomic mass is 32.2. The fourth-order valence-corrected chi connectivity index (χ4v) is 5.07. The number of rotatable bonds is 8. The molecule has 2 amide bonds. The van der Waals surface area contributed by atoms with Gasteiger partial charge in [0.2, 0.25) is 15.9 Å². The first-order valence-corrected chi connectivity index (χ1v) is 12.5. The topological polar surface area (TPSA) is 96.0 Å². The van der Waals surface area contributed by atoms with Crippen LogP contribution in [-0.4, -0.2) is 69.3 Å². The van der Waals surface area contributed by atoms with Gasteiger partial charge in [0, 0.05) is 31.7 Å². The number of carbonyl (C=O) groups excluding carboxylic acids is 2. The summed E-state index contributed by atoms with van der Waals surface area (Å²) in [5.74, 6) is 0.420. The second-order valence-corrected chi connectivity index (χ2v) is 10.0. The molecule has 0 bridgehead atoms. The number of benzene rings is 2. The van der Waals surface area contributed by atoms with Gasteiger partial charge < -0.3 is 15.0 Å². The second kappa shape index (κ2) is 10.8. The molecule has 2 aromatic rings. The minimum atomic E-state index is -3.61. The highest BCUT2D eigenvalue weighted by molar-refractivity contribution is 7.89. The van der Waals surface area contributed by atoms with Crippen LogP contribution in [0.4, 0.5) is 0 Å². The van der Waals surface area contributed by atoms with Crippen molar-refractivity contribution in [3.05, 3.63) is 59.7 Å². The predicted molar refractivity (Wildman–Crippen MR) is 126 cm³/mol. The van der Waals surface area contributed by atoms with E-state index < -0.39 is 10.0 Å². The molecule has 9 heteroatoms. The molecule has 0 saturated carbocycles. The van der Waals surface area contributed by atoms with Crippen LogP contribution in [0.2, 0.25) is 0 Å². The minimum absolute atomic E-state index is 0.144. The van der Waals surface area contributed by atoms with Crippen LogP contribution in [0.5, 0.6) is 5.75 Å². The predicted octanol–water partition coefficient (Wildman–Crippen LogP) is 2.47. The largest absolute Gasteiger partial charge is 0.497 e. The third-order valence-corrected chi connectivity index (χ3v) is 7.96. The fraction of sp³-hybridized carbons (Fsp3) is 0.417. The van der Waals surface area contributed by atoms with Crippen LogP contribution in [0.15, 0.2) is 53.4 Å². The number of hydrogen-bond donors (Lipinski definition) is 1. The first-order valence-electron chi connectivity index (χ1n) is 11.1. The van der Waals surface area contributed by atoms with E-state index in [9.17, 15) is 18.0 Å². The zero-order valence-corrected chi connectivity index (χ0v) is 20.1. The number of sulfonamides is 1. The number of nitrogens with one attached hydrogen (secondary N) is 1. The van der Waals surface area contributed by atoms with Crippen LogP contribution in [0.1, 0.15) is 42.1 Å². The van der Waals surface area contributed by atoms with Gasteiger partial charge in [0.05, 0.1) is 18.6 Å². The molecule has 1 unspecified atom stereocenters. The van der Waals surface area contributed by atoms with E-state index in [2.05, 4.69) is 19.2 Å². The van der Waals surface area contributed by atoms with Crippen molar-refractivity contribution in [2.75, 3.05) is 39.8 Å². The number of amides is 2. The average molecular weight is 474 g/mol. The Morgan fingerprint density at radius 3 is 2.15 bits per heavy atom. The van der Waals surface area contributed by atoms with Crippen LogP contribution in [0, 0.1) is 0 Å². The lowest BCUT2D eigenvalue weighted by atomic mass is 9.99. The van der Waals surface area contributed by atoms with Gasteiger partial charge in [0.25, 0.3) is 5.91 Å². The second-order valence-electron chi connectivity index (χ2n) is 8.07. The van der Waals surface area contributed by atoms with E-state index in [1.807, 2.05) is 12.1 Å². The zero-order valence-electron chi connectivity index (χ0n) is 19.3. The SMILES string of the molecule is CCC(C)c1ccc(S(=O)(=O)N2CCN(C(=O)CNC(=O)c3ccc(OC)cc3)CC2)cc1. The molecule has 178 valence electrons. The number of hydrogen-bond acceptors (Lipinski definition) is 5. The van der Waals surface area contributed by atoms with Gasteiger partial charge in [-0.2, -0.15) is 4.31 Å². The van der Waals surface area contributed by atoms with Crippen molar-refractivity contribution in [2.45, 2.75) is 31.1 Å². The van der Waals surface area contributed by atoms with Crippen molar-refractivity contribution < 1.29 is 22.7 Å². The summed E-state index contributed by atoms with van der Waals surface area (Å²) >= 11 is 0. The summed E-state index contributed by atoms with van der Waals surface area (Å²) in [6.07, 6.45) is 0.989. The maximum Gasteiger partial charge on any atom is 0.251 e. The Kier molecular flexibility index (Phi) is 8.10. The Hall–Kier alpha value is -2.91. The summed E-state index contributed by atoms with van der Waals surface area (Å²) in [7, 11) is -2.07. The van der Waals surface area contributed by atoms with E-state index in [0.717, 1.165) is 12.0 Å². The van der Waals surface area contributed by atoms with Crippen molar-refractivity contribution in [3.63, 3.8) is 0 Å². The van der Waals surface area contributed by atoms with E-state index in [1.54, 1.807) is 48.4 Å². The Morgan fingerprint density at radius 2 is 1.61 bits per heavy atom. The van der Waals surface area contributed by atoms with Crippen LogP contribution >= 0.6 is 0 Å². The molecule has 1 heterocycles. The first kappa shape index (κ1) is 24.7. The number of ether oxygens (including phenoxy) is 1. The molecule has 1 aliphatic rings. The van der Waals surface area contributed by atoms with Crippen LogP contribution in [0.3, 0.4) is 0 Å². The summed E-state index contributed by atoms with van der Waals surface area (Å²) in [4.78, 5) is 26.6. The smallest absolute Gasteiger partial charge is 0.251 e. The van der Waals surface area contributed by atoms with Gasteiger partial charge in [-0.3, -0.25) is 9.59 Å². The molecule has 33 heavy (non-hydrogen) atoms. The molecule has 0 spiro atoms. The minimum Gasteiger partial charge on any atom is -0.497 e. The molecule has 1 N–H and O–H groups in total.